The molecule has 20 heavy (non-hydrogen) atoms. The summed E-state index contributed by atoms with van der Waals surface area (Å²) in [5.41, 5.74) is 1.38. The molecule has 0 heterocycles. The maximum absolute atomic E-state index is 11.2. The fraction of sp³-hybridized carbons (Fsp3) is 0.133. The third kappa shape index (κ3) is 3.32. The minimum absolute atomic E-state index is 0.324. The van der Waals surface area contributed by atoms with Gasteiger partial charge in [-0.15, -0.1) is 0 Å². The summed E-state index contributed by atoms with van der Waals surface area (Å²) < 4.78 is 11.6. The van der Waals surface area contributed by atoms with E-state index in [1.54, 1.807) is 24.3 Å². The minimum atomic E-state index is 0.324. The van der Waals surface area contributed by atoms with E-state index in [4.69, 9.17) is 21.1 Å². The molecule has 0 aliphatic rings. The number of rotatable bonds is 5. The molecule has 104 valence electrons. The van der Waals surface area contributed by atoms with Crippen molar-refractivity contribution in [2.75, 3.05) is 7.11 Å². The minimum Gasteiger partial charge on any atom is -0.493 e. The van der Waals surface area contributed by atoms with E-state index in [1.165, 1.54) is 7.11 Å². The Kier molecular flexibility index (Phi) is 5.04. The highest BCUT2D eigenvalue weighted by Gasteiger charge is 2.14. The van der Waals surface area contributed by atoms with Gasteiger partial charge in [0.15, 0.2) is 17.8 Å². The zero-order valence-corrected chi connectivity index (χ0v) is 13.1. The van der Waals surface area contributed by atoms with E-state index >= 15 is 0 Å². The fourth-order valence-corrected chi connectivity index (χ4v) is 2.24. The fourth-order valence-electron chi connectivity index (χ4n) is 1.71. The molecule has 0 N–H and O–H groups in total. The highest BCUT2D eigenvalue weighted by atomic mass is 79.9. The molecule has 2 rings (SSSR count). The van der Waals surface area contributed by atoms with Gasteiger partial charge in [0.25, 0.3) is 0 Å². The Morgan fingerprint density at radius 3 is 2.50 bits per heavy atom. The van der Waals surface area contributed by atoms with Gasteiger partial charge in [0.05, 0.1) is 12.7 Å². The quantitative estimate of drug-likeness (QED) is 0.741. The first kappa shape index (κ1) is 14.9. The SMILES string of the molecule is COc1ccc(Br)c(C=O)c1OCc1ccc(Cl)cc1. The first-order chi connectivity index (χ1) is 9.65. The maximum Gasteiger partial charge on any atom is 0.173 e. The average Bonchev–Trinajstić information content (AvgIpc) is 2.46. The lowest BCUT2D eigenvalue weighted by molar-refractivity contribution is 0.111. The Morgan fingerprint density at radius 1 is 1.20 bits per heavy atom. The molecule has 0 amide bonds. The number of benzene rings is 2. The molecule has 0 fully saturated rings. The smallest absolute Gasteiger partial charge is 0.173 e. The van der Waals surface area contributed by atoms with E-state index in [-0.39, 0.29) is 0 Å². The largest absolute Gasteiger partial charge is 0.493 e. The second kappa shape index (κ2) is 6.77. The molecule has 0 unspecified atom stereocenters. The summed E-state index contributed by atoms with van der Waals surface area (Å²) in [5, 5.41) is 0.669. The van der Waals surface area contributed by atoms with Crippen LogP contribution in [0.1, 0.15) is 15.9 Å². The van der Waals surface area contributed by atoms with Gasteiger partial charge in [-0.05, 0) is 45.8 Å². The molecule has 0 atom stereocenters. The molecule has 0 bridgehead atoms. The average molecular weight is 356 g/mol. The summed E-state index contributed by atoms with van der Waals surface area (Å²) in [5.74, 6) is 0.941. The third-order valence-corrected chi connectivity index (χ3v) is 3.68. The monoisotopic (exact) mass is 354 g/mol. The predicted molar refractivity (Wildman–Crippen MR) is 81.9 cm³/mol. The van der Waals surface area contributed by atoms with Crippen LogP contribution in [0.2, 0.25) is 5.02 Å². The Bertz CT molecular complexity index is 611. The van der Waals surface area contributed by atoms with Crippen molar-refractivity contribution in [1.82, 2.24) is 0 Å². The van der Waals surface area contributed by atoms with Crippen molar-refractivity contribution in [3.63, 3.8) is 0 Å². The van der Waals surface area contributed by atoms with E-state index in [1.807, 2.05) is 12.1 Å². The number of aldehydes is 1. The molecule has 0 spiro atoms. The van der Waals surface area contributed by atoms with E-state index < -0.39 is 0 Å². The van der Waals surface area contributed by atoms with Gasteiger partial charge < -0.3 is 9.47 Å². The van der Waals surface area contributed by atoms with Crippen LogP contribution in [0.15, 0.2) is 40.9 Å². The van der Waals surface area contributed by atoms with Crippen LogP contribution in [0.25, 0.3) is 0 Å². The number of methoxy groups -OCH3 is 1. The standard InChI is InChI=1S/C15H12BrClO3/c1-19-14-7-6-13(16)12(8-18)15(14)20-9-10-2-4-11(17)5-3-10/h2-8H,9H2,1H3. The van der Waals surface area contributed by atoms with Gasteiger partial charge in [0.2, 0.25) is 0 Å². The molecule has 0 saturated heterocycles. The molecular weight excluding hydrogens is 344 g/mol. The maximum atomic E-state index is 11.2. The summed E-state index contributed by atoms with van der Waals surface area (Å²) in [4.78, 5) is 11.2. The van der Waals surface area contributed by atoms with Gasteiger partial charge >= 0.3 is 0 Å². The lowest BCUT2D eigenvalue weighted by atomic mass is 10.2. The van der Waals surface area contributed by atoms with Crippen molar-refractivity contribution in [1.29, 1.82) is 0 Å². The van der Waals surface area contributed by atoms with Crippen LogP contribution < -0.4 is 9.47 Å². The van der Waals surface area contributed by atoms with Gasteiger partial charge in [-0.2, -0.15) is 0 Å². The zero-order valence-electron chi connectivity index (χ0n) is 10.7. The lowest BCUT2D eigenvalue weighted by Gasteiger charge is -2.13. The van der Waals surface area contributed by atoms with Crippen LogP contribution in [-0.2, 0) is 6.61 Å². The first-order valence-electron chi connectivity index (χ1n) is 5.84. The highest BCUT2D eigenvalue weighted by Crippen LogP contribution is 2.35. The summed E-state index contributed by atoms with van der Waals surface area (Å²) in [6, 6.07) is 10.8. The van der Waals surface area contributed by atoms with E-state index in [2.05, 4.69) is 15.9 Å². The summed E-state index contributed by atoms with van der Waals surface area (Å²) in [6.07, 6.45) is 0.740. The zero-order chi connectivity index (χ0) is 14.5. The second-order valence-corrected chi connectivity index (χ2v) is 5.32. The summed E-state index contributed by atoms with van der Waals surface area (Å²) in [7, 11) is 1.53. The van der Waals surface area contributed by atoms with Gasteiger partial charge in [-0.25, -0.2) is 0 Å². The van der Waals surface area contributed by atoms with Crippen LogP contribution in [-0.4, -0.2) is 13.4 Å². The van der Waals surface area contributed by atoms with Crippen molar-refractivity contribution in [2.24, 2.45) is 0 Å². The molecule has 0 aromatic heterocycles. The van der Waals surface area contributed by atoms with Crippen LogP contribution in [0, 0.1) is 0 Å². The second-order valence-electron chi connectivity index (χ2n) is 4.03. The molecule has 5 heteroatoms. The van der Waals surface area contributed by atoms with Crippen LogP contribution in [0.5, 0.6) is 11.5 Å². The molecule has 2 aromatic carbocycles. The summed E-state index contributed by atoms with van der Waals surface area (Å²) >= 11 is 9.15. The van der Waals surface area contributed by atoms with E-state index in [0.717, 1.165) is 11.8 Å². The third-order valence-electron chi connectivity index (χ3n) is 2.74. The molecule has 2 aromatic rings. The van der Waals surface area contributed by atoms with Gasteiger partial charge in [-0.3, -0.25) is 4.79 Å². The topological polar surface area (TPSA) is 35.5 Å². The lowest BCUT2D eigenvalue weighted by Crippen LogP contribution is -2.01. The Hall–Kier alpha value is -1.52. The number of carbonyl (C=O) groups is 1. The highest BCUT2D eigenvalue weighted by molar-refractivity contribution is 9.10. The number of hydrogen-bond donors (Lipinski definition) is 0. The Labute approximate surface area is 130 Å². The van der Waals surface area contributed by atoms with Crippen molar-refractivity contribution < 1.29 is 14.3 Å². The molecule has 3 nitrogen and oxygen atoms in total. The van der Waals surface area contributed by atoms with Crippen molar-refractivity contribution in [3.8, 4) is 11.5 Å². The Balaban J connectivity index is 2.25. The first-order valence-corrected chi connectivity index (χ1v) is 7.01. The molecule has 0 aliphatic carbocycles. The number of halogens is 2. The molecule has 0 radical (unpaired) electrons. The normalized spacial score (nSPS) is 10.2. The van der Waals surface area contributed by atoms with Crippen molar-refractivity contribution >= 4 is 33.8 Å². The van der Waals surface area contributed by atoms with E-state index in [9.17, 15) is 4.79 Å². The van der Waals surface area contributed by atoms with Crippen molar-refractivity contribution in [3.05, 3.63) is 57.0 Å². The van der Waals surface area contributed by atoms with E-state index in [0.29, 0.717) is 33.2 Å². The summed E-state index contributed by atoms with van der Waals surface area (Å²) in [6.45, 7) is 0.324. The Morgan fingerprint density at radius 2 is 1.90 bits per heavy atom. The predicted octanol–water partition coefficient (Wildman–Crippen LogP) is 4.50. The van der Waals surface area contributed by atoms with Crippen LogP contribution in [0.3, 0.4) is 0 Å². The molecular formula is C15H12BrClO3. The van der Waals surface area contributed by atoms with Gasteiger partial charge in [0, 0.05) is 9.50 Å². The van der Waals surface area contributed by atoms with Gasteiger partial charge in [-0.1, -0.05) is 23.7 Å². The number of carbonyl (C=O) groups excluding carboxylic acids is 1. The van der Waals surface area contributed by atoms with Crippen LogP contribution >= 0.6 is 27.5 Å². The van der Waals surface area contributed by atoms with Crippen molar-refractivity contribution in [2.45, 2.75) is 6.61 Å². The van der Waals surface area contributed by atoms with Crippen LogP contribution in [0.4, 0.5) is 0 Å². The van der Waals surface area contributed by atoms with Gasteiger partial charge in [0.1, 0.15) is 6.61 Å². The molecule has 0 saturated carbocycles. The number of hydrogen-bond acceptors (Lipinski definition) is 3. The number of ether oxygens (including phenoxy) is 2. The molecule has 0 aliphatic heterocycles.